The molecule has 0 N–H and O–H groups in total. The second kappa shape index (κ2) is 3.79. The molecule has 0 saturated carbocycles. The summed E-state index contributed by atoms with van der Waals surface area (Å²) in [5.41, 5.74) is 0.995. The molecule has 0 bridgehead atoms. The number of nitrogens with zero attached hydrogens (tertiary/aromatic N) is 2. The van der Waals surface area contributed by atoms with E-state index in [-0.39, 0.29) is 11.4 Å². The Hall–Kier alpha value is -1.56. The molecule has 1 aliphatic heterocycles. The molecule has 2 rings (SSSR count). The molecule has 0 radical (unpaired) electrons. The molecule has 0 spiro atoms. The Morgan fingerprint density at radius 1 is 1.44 bits per heavy atom. The Bertz CT molecular complexity index is 446. The largest absolute Gasteiger partial charge is 0.364 e. The fraction of sp³-hybridized carbons (Fsp3) is 0.462. The van der Waals surface area contributed by atoms with Crippen molar-refractivity contribution in [2.75, 3.05) is 11.4 Å². The predicted octanol–water partition coefficient (Wildman–Crippen LogP) is 3.08. The third kappa shape index (κ3) is 1.76. The molecule has 2 nitrogen and oxygen atoms in total. The number of rotatable bonds is 1. The minimum absolute atomic E-state index is 0.00893. The third-order valence-corrected chi connectivity index (χ3v) is 3.27. The van der Waals surface area contributed by atoms with E-state index in [0.717, 1.165) is 19.4 Å². The van der Waals surface area contributed by atoms with Gasteiger partial charge in [-0.25, -0.2) is 4.39 Å². The SMILES string of the molecule is CC1(C)CCCN1c1ccc(C#N)cc1F. The highest BCUT2D eigenvalue weighted by atomic mass is 19.1. The third-order valence-electron chi connectivity index (χ3n) is 3.27. The highest BCUT2D eigenvalue weighted by Gasteiger charge is 2.33. The van der Waals surface area contributed by atoms with E-state index < -0.39 is 0 Å². The first-order valence-electron chi connectivity index (χ1n) is 5.52. The lowest BCUT2D eigenvalue weighted by atomic mass is 10.0. The first-order chi connectivity index (χ1) is 7.54. The van der Waals surface area contributed by atoms with Crippen molar-refractivity contribution in [3.63, 3.8) is 0 Å². The summed E-state index contributed by atoms with van der Waals surface area (Å²) < 4.78 is 13.8. The molecule has 0 aliphatic carbocycles. The standard InChI is InChI=1S/C13H15FN2/c1-13(2)6-3-7-16(13)12-5-4-10(9-15)8-11(12)14/h4-5,8H,3,6-7H2,1-2H3. The quantitative estimate of drug-likeness (QED) is 0.724. The number of halogens is 1. The van der Waals surface area contributed by atoms with Crippen LogP contribution in [0.4, 0.5) is 10.1 Å². The Morgan fingerprint density at radius 2 is 2.19 bits per heavy atom. The van der Waals surface area contributed by atoms with Crippen LogP contribution in [0.2, 0.25) is 0 Å². The molecule has 84 valence electrons. The van der Waals surface area contributed by atoms with Crippen molar-refractivity contribution in [1.82, 2.24) is 0 Å². The fourth-order valence-electron chi connectivity index (χ4n) is 2.35. The zero-order valence-electron chi connectivity index (χ0n) is 9.63. The van der Waals surface area contributed by atoms with Gasteiger partial charge in [0.05, 0.1) is 17.3 Å². The molecule has 1 fully saturated rings. The smallest absolute Gasteiger partial charge is 0.147 e. The van der Waals surface area contributed by atoms with Gasteiger partial charge in [0.2, 0.25) is 0 Å². The summed E-state index contributed by atoms with van der Waals surface area (Å²) in [6.45, 7) is 5.13. The van der Waals surface area contributed by atoms with Crippen LogP contribution < -0.4 is 4.90 Å². The average molecular weight is 218 g/mol. The van der Waals surface area contributed by atoms with Crippen molar-refractivity contribution in [3.05, 3.63) is 29.6 Å². The molecular weight excluding hydrogens is 203 g/mol. The Labute approximate surface area is 95.3 Å². The topological polar surface area (TPSA) is 27.0 Å². The molecule has 1 aliphatic rings. The molecule has 0 unspecified atom stereocenters. The molecule has 0 atom stereocenters. The highest BCUT2D eigenvalue weighted by molar-refractivity contribution is 5.53. The van der Waals surface area contributed by atoms with Crippen LogP contribution in [-0.2, 0) is 0 Å². The minimum atomic E-state index is -0.297. The molecule has 1 saturated heterocycles. The Kier molecular flexibility index (Phi) is 2.59. The molecule has 0 amide bonds. The molecule has 16 heavy (non-hydrogen) atoms. The van der Waals surface area contributed by atoms with Crippen LogP contribution in [0, 0.1) is 17.1 Å². The van der Waals surface area contributed by atoms with Crippen molar-refractivity contribution in [1.29, 1.82) is 5.26 Å². The molecule has 1 aromatic rings. The van der Waals surface area contributed by atoms with Crippen LogP contribution in [0.5, 0.6) is 0 Å². The van der Waals surface area contributed by atoms with Crippen molar-refractivity contribution < 1.29 is 4.39 Å². The maximum Gasteiger partial charge on any atom is 0.147 e. The second-order valence-electron chi connectivity index (χ2n) is 4.85. The van der Waals surface area contributed by atoms with Gasteiger partial charge in [-0.2, -0.15) is 5.26 Å². The molecule has 1 aromatic carbocycles. The number of anilines is 1. The van der Waals surface area contributed by atoms with Gasteiger partial charge in [-0.1, -0.05) is 0 Å². The van der Waals surface area contributed by atoms with Gasteiger partial charge in [-0.15, -0.1) is 0 Å². The first kappa shape index (κ1) is 10.9. The zero-order valence-corrected chi connectivity index (χ0v) is 9.63. The van der Waals surface area contributed by atoms with Gasteiger partial charge in [0.15, 0.2) is 0 Å². The van der Waals surface area contributed by atoms with Crippen LogP contribution in [0.3, 0.4) is 0 Å². The Morgan fingerprint density at radius 3 is 2.69 bits per heavy atom. The van der Waals surface area contributed by atoms with Crippen molar-refractivity contribution in [2.45, 2.75) is 32.2 Å². The second-order valence-corrected chi connectivity index (χ2v) is 4.85. The summed E-state index contributed by atoms with van der Waals surface area (Å²) in [6, 6.07) is 6.64. The van der Waals surface area contributed by atoms with E-state index in [0.29, 0.717) is 11.3 Å². The average Bonchev–Trinajstić information content (AvgIpc) is 2.58. The van der Waals surface area contributed by atoms with Crippen LogP contribution in [0.25, 0.3) is 0 Å². The number of hydrogen-bond acceptors (Lipinski definition) is 2. The lowest BCUT2D eigenvalue weighted by Gasteiger charge is -2.33. The summed E-state index contributed by atoms with van der Waals surface area (Å²) in [4.78, 5) is 2.09. The van der Waals surface area contributed by atoms with E-state index in [2.05, 4.69) is 18.7 Å². The molecule has 3 heteroatoms. The number of nitriles is 1. The van der Waals surface area contributed by atoms with Crippen molar-refractivity contribution >= 4 is 5.69 Å². The van der Waals surface area contributed by atoms with E-state index >= 15 is 0 Å². The van der Waals surface area contributed by atoms with Gasteiger partial charge >= 0.3 is 0 Å². The number of benzene rings is 1. The maximum absolute atomic E-state index is 13.8. The fourth-order valence-corrected chi connectivity index (χ4v) is 2.35. The molecule has 1 heterocycles. The van der Waals surface area contributed by atoms with E-state index in [9.17, 15) is 4.39 Å². The van der Waals surface area contributed by atoms with E-state index in [1.165, 1.54) is 6.07 Å². The maximum atomic E-state index is 13.8. The van der Waals surface area contributed by atoms with Gasteiger partial charge in [0.1, 0.15) is 5.82 Å². The lowest BCUT2D eigenvalue weighted by molar-refractivity contribution is 0.506. The highest BCUT2D eigenvalue weighted by Crippen LogP contribution is 2.35. The first-order valence-corrected chi connectivity index (χ1v) is 5.52. The van der Waals surface area contributed by atoms with Crippen LogP contribution >= 0.6 is 0 Å². The van der Waals surface area contributed by atoms with Crippen LogP contribution in [0.1, 0.15) is 32.3 Å². The summed E-state index contributed by atoms with van der Waals surface area (Å²) in [5, 5.41) is 8.69. The molecule has 0 aromatic heterocycles. The lowest BCUT2D eigenvalue weighted by Crippen LogP contribution is -2.38. The van der Waals surface area contributed by atoms with Crippen LogP contribution in [0.15, 0.2) is 18.2 Å². The van der Waals surface area contributed by atoms with Gasteiger partial charge < -0.3 is 4.90 Å². The summed E-state index contributed by atoms with van der Waals surface area (Å²) in [7, 11) is 0. The van der Waals surface area contributed by atoms with E-state index in [1.807, 2.05) is 6.07 Å². The monoisotopic (exact) mass is 218 g/mol. The number of hydrogen-bond donors (Lipinski definition) is 0. The van der Waals surface area contributed by atoms with Crippen molar-refractivity contribution in [2.24, 2.45) is 0 Å². The Balaban J connectivity index is 2.38. The molecular formula is C13H15FN2. The summed E-state index contributed by atoms with van der Waals surface area (Å²) in [6.07, 6.45) is 2.17. The van der Waals surface area contributed by atoms with Gasteiger partial charge in [-0.05, 0) is 44.9 Å². The summed E-state index contributed by atoms with van der Waals surface area (Å²) in [5.74, 6) is -0.297. The van der Waals surface area contributed by atoms with E-state index in [4.69, 9.17) is 5.26 Å². The van der Waals surface area contributed by atoms with E-state index in [1.54, 1.807) is 12.1 Å². The van der Waals surface area contributed by atoms with Gasteiger partial charge in [0.25, 0.3) is 0 Å². The predicted molar refractivity (Wildman–Crippen MR) is 61.8 cm³/mol. The van der Waals surface area contributed by atoms with Crippen molar-refractivity contribution in [3.8, 4) is 6.07 Å². The summed E-state index contributed by atoms with van der Waals surface area (Å²) >= 11 is 0. The van der Waals surface area contributed by atoms with Gasteiger partial charge in [0, 0.05) is 12.1 Å². The minimum Gasteiger partial charge on any atom is -0.364 e. The van der Waals surface area contributed by atoms with Gasteiger partial charge in [-0.3, -0.25) is 0 Å². The van der Waals surface area contributed by atoms with Crippen LogP contribution in [-0.4, -0.2) is 12.1 Å². The normalized spacial score (nSPS) is 18.5. The zero-order chi connectivity index (χ0) is 11.8.